The van der Waals surface area contributed by atoms with Gasteiger partial charge in [0.25, 0.3) is 5.56 Å². The van der Waals surface area contributed by atoms with E-state index in [0.717, 1.165) is 35.1 Å². The van der Waals surface area contributed by atoms with Crippen molar-refractivity contribution >= 4 is 17.1 Å². The third-order valence-corrected chi connectivity index (χ3v) is 7.31. The Morgan fingerprint density at radius 1 is 1.06 bits per heavy atom. The number of rotatable bonds is 5. The molecule has 0 saturated carbocycles. The van der Waals surface area contributed by atoms with Gasteiger partial charge in [0.15, 0.2) is 11.2 Å². The lowest BCUT2D eigenvalue weighted by Crippen LogP contribution is -2.40. The number of nitrogens with zero attached hydrogens (tertiary/aromatic N) is 5. The third kappa shape index (κ3) is 4.67. The first-order valence-electron chi connectivity index (χ1n) is 12.5. The molecule has 1 aliphatic rings. The van der Waals surface area contributed by atoms with Crippen LogP contribution >= 0.6 is 0 Å². The highest BCUT2D eigenvalue weighted by Gasteiger charge is 2.29. The Morgan fingerprint density at radius 3 is 2.47 bits per heavy atom. The van der Waals surface area contributed by atoms with Crippen molar-refractivity contribution < 1.29 is 4.79 Å². The summed E-state index contributed by atoms with van der Waals surface area (Å²) in [6.45, 7) is 9.93. The van der Waals surface area contributed by atoms with Gasteiger partial charge in [0.1, 0.15) is 5.82 Å². The molecule has 8 nitrogen and oxygen atoms in total. The number of aryl methyl sites for hydroxylation is 3. The molecule has 186 valence electrons. The van der Waals surface area contributed by atoms with Crippen molar-refractivity contribution in [3.05, 3.63) is 86.5 Å². The number of likely N-dealkylation sites (tertiary alicyclic amines) is 1. The standard InChI is InChI=1S/C28H32N6O2/c1-17-6-9-21(10-7-17)16-34-26-24(31-32-34)27(35)30-25(29-26)22-11-13-33(14-12-22)28(36)20(4)23-15-18(2)5-8-19(23)3/h5-10,15,20,22H,11-14,16H2,1-4H3,(H,29,30,35)/t20-/m1/s1. The minimum Gasteiger partial charge on any atom is -0.342 e. The smallest absolute Gasteiger partial charge is 0.281 e. The topological polar surface area (TPSA) is 96.8 Å². The molecule has 2 aromatic heterocycles. The SMILES string of the molecule is Cc1ccc(Cn2nnc3c(=O)[nH]c(C4CCN(C(=O)[C@H](C)c5cc(C)ccc5C)CC4)nc32)cc1. The average molecular weight is 485 g/mol. The van der Waals surface area contributed by atoms with Crippen molar-refractivity contribution in [2.75, 3.05) is 13.1 Å². The van der Waals surface area contributed by atoms with Gasteiger partial charge in [0.05, 0.1) is 12.5 Å². The Kier molecular flexibility index (Phi) is 6.43. The van der Waals surface area contributed by atoms with Crippen LogP contribution in [0.5, 0.6) is 0 Å². The highest BCUT2D eigenvalue weighted by atomic mass is 16.2. The van der Waals surface area contributed by atoms with Crippen LogP contribution in [0.25, 0.3) is 11.2 Å². The molecular formula is C28H32N6O2. The van der Waals surface area contributed by atoms with Crippen LogP contribution < -0.4 is 5.56 Å². The average Bonchev–Trinajstić information content (AvgIpc) is 3.29. The van der Waals surface area contributed by atoms with Crippen LogP contribution in [0.2, 0.25) is 0 Å². The summed E-state index contributed by atoms with van der Waals surface area (Å²) >= 11 is 0. The number of hydrogen-bond donors (Lipinski definition) is 1. The largest absolute Gasteiger partial charge is 0.342 e. The summed E-state index contributed by atoms with van der Waals surface area (Å²) in [6, 6.07) is 14.5. The Bertz CT molecular complexity index is 1460. The van der Waals surface area contributed by atoms with E-state index >= 15 is 0 Å². The lowest BCUT2D eigenvalue weighted by atomic mass is 9.91. The van der Waals surface area contributed by atoms with Crippen molar-refractivity contribution in [3.8, 4) is 0 Å². The van der Waals surface area contributed by atoms with Crippen molar-refractivity contribution in [2.45, 2.75) is 58.9 Å². The van der Waals surface area contributed by atoms with E-state index in [0.29, 0.717) is 31.1 Å². The molecule has 1 aliphatic heterocycles. The molecule has 1 amide bonds. The van der Waals surface area contributed by atoms with Crippen molar-refractivity contribution in [2.24, 2.45) is 0 Å². The number of benzene rings is 2. The van der Waals surface area contributed by atoms with Crippen LogP contribution in [-0.4, -0.2) is 48.9 Å². The number of nitrogens with one attached hydrogen (secondary N) is 1. The fraction of sp³-hybridized carbons (Fsp3) is 0.393. The Labute approximate surface area is 210 Å². The zero-order chi connectivity index (χ0) is 25.4. The maximum Gasteiger partial charge on any atom is 0.281 e. The molecular weight excluding hydrogens is 452 g/mol. The summed E-state index contributed by atoms with van der Waals surface area (Å²) in [5, 5.41) is 8.26. The summed E-state index contributed by atoms with van der Waals surface area (Å²) in [7, 11) is 0. The quantitative estimate of drug-likeness (QED) is 0.462. The molecule has 3 heterocycles. The van der Waals surface area contributed by atoms with E-state index in [1.807, 2.05) is 30.9 Å². The molecule has 0 aliphatic carbocycles. The van der Waals surface area contributed by atoms with Gasteiger partial charge in [0.2, 0.25) is 5.91 Å². The number of aromatic amines is 1. The van der Waals surface area contributed by atoms with Gasteiger partial charge in [-0.3, -0.25) is 9.59 Å². The molecule has 1 N–H and O–H groups in total. The Hall–Kier alpha value is -3.81. The second-order valence-corrected chi connectivity index (χ2v) is 10.0. The van der Waals surface area contributed by atoms with Crippen LogP contribution in [0.1, 0.15) is 65.2 Å². The van der Waals surface area contributed by atoms with Gasteiger partial charge in [-0.2, -0.15) is 0 Å². The number of aromatic nitrogens is 5. The first kappa shape index (κ1) is 23.9. The number of carbonyl (C=O) groups is 1. The zero-order valence-electron chi connectivity index (χ0n) is 21.3. The van der Waals surface area contributed by atoms with Gasteiger partial charge >= 0.3 is 0 Å². The Morgan fingerprint density at radius 2 is 1.75 bits per heavy atom. The van der Waals surface area contributed by atoms with Crippen LogP contribution in [0.3, 0.4) is 0 Å². The Balaban J connectivity index is 1.31. The summed E-state index contributed by atoms with van der Waals surface area (Å²) < 4.78 is 1.68. The van der Waals surface area contributed by atoms with Gasteiger partial charge in [-0.05, 0) is 57.2 Å². The monoisotopic (exact) mass is 484 g/mol. The van der Waals surface area contributed by atoms with Gasteiger partial charge < -0.3 is 9.88 Å². The first-order chi connectivity index (χ1) is 17.3. The molecule has 36 heavy (non-hydrogen) atoms. The number of fused-ring (bicyclic) bond motifs is 1. The molecule has 0 unspecified atom stereocenters. The predicted molar refractivity (Wildman–Crippen MR) is 139 cm³/mol. The van der Waals surface area contributed by atoms with Gasteiger partial charge in [-0.15, -0.1) is 5.10 Å². The van der Waals surface area contributed by atoms with E-state index in [-0.39, 0.29) is 28.8 Å². The molecule has 2 aromatic carbocycles. The number of amides is 1. The fourth-order valence-electron chi connectivity index (χ4n) is 5.06. The fourth-order valence-corrected chi connectivity index (χ4v) is 5.06. The molecule has 0 bridgehead atoms. The van der Waals surface area contributed by atoms with E-state index in [1.54, 1.807) is 4.68 Å². The lowest BCUT2D eigenvalue weighted by Gasteiger charge is -2.33. The normalized spacial score (nSPS) is 15.4. The van der Waals surface area contributed by atoms with Gasteiger partial charge in [-0.25, -0.2) is 9.67 Å². The van der Waals surface area contributed by atoms with Crippen molar-refractivity contribution in [1.82, 2.24) is 29.9 Å². The number of hydrogen-bond acceptors (Lipinski definition) is 5. The number of piperidine rings is 1. The van der Waals surface area contributed by atoms with Crippen LogP contribution in [0.15, 0.2) is 47.3 Å². The molecule has 5 rings (SSSR count). The maximum atomic E-state index is 13.3. The molecule has 0 radical (unpaired) electrons. The van der Waals surface area contributed by atoms with Crippen molar-refractivity contribution in [1.29, 1.82) is 0 Å². The second kappa shape index (κ2) is 9.68. The van der Waals surface area contributed by atoms with E-state index in [1.165, 1.54) is 5.56 Å². The lowest BCUT2D eigenvalue weighted by molar-refractivity contribution is -0.133. The van der Waals surface area contributed by atoms with E-state index in [4.69, 9.17) is 4.98 Å². The van der Waals surface area contributed by atoms with Gasteiger partial charge in [0, 0.05) is 19.0 Å². The van der Waals surface area contributed by atoms with Gasteiger partial charge in [-0.1, -0.05) is 58.8 Å². The zero-order valence-corrected chi connectivity index (χ0v) is 21.3. The van der Waals surface area contributed by atoms with E-state index in [2.05, 4.69) is 59.5 Å². The highest BCUT2D eigenvalue weighted by Crippen LogP contribution is 2.29. The third-order valence-electron chi connectivity index (χ3n) is 7.31. The summed E-state index contributed by atoms with van der Waals surface area (Å²) in [4.78, 5) is 35.7. The molecule has 1 fully saturated rings. The van der Waals surface area contributed by atoms with Crippen molar-refractivity contribution in [3.63, 3.8) is 0 Å². The predicted octanol–water partition coefficient (Wildman–Crippen LogP) is 4.00. The summed E-state index contributed by atoms with van der Waals surface area (Å²) in [6.07, 6.45) is 1.50. The van der Waals surface area contributed by atoms with E-state index < -0.39 is 0 Å². The molecule has 4 aromatic rings. The highest BCUT2D eigenvalue weighted by molar-refractivity contribution is 5.84. The minimum absolute atomic E-state index is 0.0740. The summed E-state index contributed by atoms with van der Waals surface area (Å²) in [5.74, 6) is 0.692. The summed E-state index contributed by atoms with van der Waals surface area (Å²) in [5.41, 5.74) is 6.13. The first-order valence-corrected chi connectivity index (χ1v) is 12.5. The number of H-pyrrole nitrogens is 1. The molecule has 8 heteroatoms. The van der Waals surface area contributed by atoms with Crippen LogP contribution in [0, 0.1) is 20.8 Å². The van der Waals surface area contributed by atoms with Crippen LogP contribution in [-0.2, 0) is 11.3 Å². The maximum absolute atomic E-state index is 13.3. The van der Waals surface area contributed by atoms with E-state index in [9.17, 15) is 9.59 Å². The second-order valence-electron chi connectivity index (χ2n) is 10.0. The molecule has 1 atom stereocenters. The number of carbonyl (C=O) groups excluding carboxylic acids is 1. The van der Waals surface area contributed by atoms with Crippen LogP contribution in [0.4, 0.5) is 0 Å². The minimum atomic E-state index is -0.271. The molecule has 0 spiro atoms. The molecule has 1 saturated heterocycles.